The second kappa shape index (κ2) is 8.10. The topological polar surface area (TPSA) is 171 Å². The van der Waals surface area contributed by atoms with Crippen LogP contribution in [0.15, 0.2) is 54.6 Å². The molecule has 0 aliphatic carbocycles. The van der Waals surface area contributed by atoms with Crippen molar-refractivity contribution in [1.29, 1.82) is 0 Å². The smallest absolute Gasteiger partial charge is 0.340 e. The number of nitrogens with zero attached hydrogens (tertiary/aromatic N) is 1. The lowest BCUT2D eigenvalue weighted by molar-refractivity contribution is -0.171. The molecular formula is C25H17NO10. The summed E-state index contributed by atoms with van der Waals surface area (Å²) < 4.78 is 11.7. The highest BCUT2D eigenvalue weighted by Gasteiger charge is 2.53. The molecule has 0 saturated carbocycles. The van der Waals surface area contributed by atoms with Gasteiger partial charge in [0.2, 0.25) is 0 Å². The lowest BCUT2D eigenvalue weighted by atomic mass is 9.77. The highest BCUT2D eigenvalue weighted by Crippen LogP contribution is 2.57. The predicted octanol–water partition coefficient (Wildman–Crippen LogP) is 2.89. The number of carboxylic acid groups (broad SMARTS) is 1. The second-order valence-electron chi connectivity index (χ2n) is 8.20. The van der Waals surface area contributed by atoms with E-state index in [1.54, 1.807) is 12.1 Å². The largest absolute Gasteiger partial charge is 0.508 e. The van der Waals surface area contributed by atoms with Crippen LogP contribution in [0.2, 0.25) is 0 Å². The number of aromatic carboxylic acids is 1. The van der Waals surface area contributed by atoms with Crippen molar-refractivity contribution in [3.63, 3.8) is 0 Å². The average molecular weight is 491 g/mol. The van der Waals surface area contributed by atoms with Crippen molar-refractivity contribution in [2.24, 2.45) is 0 Å². The van der Waals surface area contributed by atoms with Crippen LogP contribution in [0.25, 0.3) is 0 Å². The van der Waals surface area contributed by atoms with E-state index in [9.17, 15) is 34.5 Å². The maximum Gasteiger partial charge on any atom is 0.340 e. The molecule has 1 spiro atoms. The maximum absolute atomic E-state index is 12.7. The number of ether oxygens (including phenoxy) is 2. The highest BCUT2D eigenvalue weighted by atomic mass is 16.6. The van der Waals surface area contributed by atoms with Crippen LogP contribution in [0.3, 0.4) is 0 Å². The molecule has 6 rings (SSSR count). The highest BCUT2D eigenvalue weighted by molar-refractivity contribution is 6.00. The van der Waals surface area contributed by atoms with Crippen LogP contribution in [0.1, 0.15) is 50.2 Å². The van der Waals surface area contributed by atoms with Gasteiger partial charge in [-0.1, -0.05) is 0 Å². The second-order valence-corrected chi connectivity index (χ2v) is 8.20. The molecule has 0 radical (unpaired) electrons. The van der Waals surface area contributed by atoms with Gasteiger partial charge < -0.3 is 24.8 Å². The third kappa shape index (κ3) is 3.41. The molecule has 0 atom stereocenters. The molecule has 3 aromatic rings. The number of carbonyl (C=O) groups excluding carboxylic acids is 3. The van der Waals surface area contributed by atoms with Gasteiger partial charge in [-0.25, -0.2) is 9.59 Å². The van der Waals surface area contributed by atoms with Gasteiger partial charge in [0.25, 0.3) is 11.8 Å². The molecule has 0 unspecified atom stereocenters. The molecule has 3 aromatic carbocycles. The van der Waals surface area contributed by atoms with Gasteiger partial charge >= 0.3 is 11.9 Å². The number of hydrogen-bond donors (Lipinski definition) is 4. The zero-order chi connectivity index (χ0) is 25.8. The summed E-state index contributed by atoms with van der Waals surface area (Å²) in [6, 6.07) is 12.9. The summed E-state index contributed by atoms with van der Waals surface area (Å²) in [5.74, 6) is -2.39. The Morgan fingerprint density at radius 2 is 1.36 bits per heavy atom. The average Bonchev–Trinajstić information content (AvgIpc) is 3.30. The summed E-state index contributed by atoms with van der Waals surface area (Å²) in [5.41, 5.74) is 0.0340. The number of aromatic hydroxyl groups is 2. The molecule has 0 aromatic heterocycles. The van der Waals surface area contributed by atoms with Crippen molar-refractivity contribution in [1.82, 2.24) is 5.06 Å². The number of rotatable bonds is 1. The first-order valence-electron chi connectivity index (χ1n) is 10.6. The summed E-state index contributed by atoms with van der Waals surface area (Å²) in [6.45, 7) is 0. The third-order valence-electron chi connectivity index (χ3n) is 6.05. The molecule has 182 valence electrons. The predicted molar refractivity (Wildman–Crippen MR) is 118 cm³/mol. The molecule has 0 bridgehead atoms. The zero-order valence-electron chi connectivity index (χ0n) is 18.3. The Kier molecular flexibility index (Phi) is 5.15. The van der Waals surface area contributed by atoms with Gasteiger partial charge in [0, 0.05) is 41.7 Å². The number of carbonyl (C=O) groups is 4. The van der Waals surface area contributed by atoms with Crippen molar-refractivity contribution in [2.75, 3.05) is 0 Å². The quantitative estimate of drug-likeness (QED) is 0.225. The summed E-state index contributed by atoms with van der Waals surface area (Å²) >= 11 is 0. The molecule has 3 aliphatic heterocycles. The van der Waals surface area contributed by atoms with Gasteiger partial charge in [-0.05, 0) is 42.5 Å². The molecular weight excluding hydrogens is 474 g/mol. The van der Waals surface area contributed by atoms with Crippen LogP contribution < -0.4 is 4.74 Å². The number of fused-ring (bicyclic) bond motifs is 6. The monoisotopic (exact) mass is 491 g/mol. The van der Waals surface area contributed by atoms with E-state index in [2.05, 4.69) is 0 Å². The van der Waals surface area contributed by atoms with E-state index in [1.165, 1.54) is 42.5 Å². The van der Waals surface area contributed by atoms with E-state index >= 15 is 0 Å². The minimum absolute atomic E-state index is 0.00331. The fraction of sp³-hybridized carbons (Fsp3) is 0.120. The lowest BCUT2D eigenvalue weighted by Gasteiger charge is -2.36. The molecule has 36 heavy (non-hydrogen) atoms. The van der Waals surface area contributed by atoms with Crippen molar-refractivity contribution >= 4 is 23.8 Å². The van der Waals surface area contributed by atoms with Crippen LogP contribution in [0, 0.1) is 0 Å². The van der Waals surface area contributed by atoms with E-state index in [0.717, 1.165) is 0 Å². The Labute approximate surface area is 202 Å². The molecule has 11 nitrogen and oxygen atoms in total. The first kappa shape index (κ1) is 22.9. The van der Waals surface area contributed by atoms with Gasteiger partial charge in [-0.15, -0.1) is 0 Å². The minimum Gasteiger partial charge on any atom is -0.508 e. The molecule has 1 fully saturated rings. The number of phenols is 2. The third-order valence-corrected chi connectivity index (χ3v) is 6.05. The van der Waals surface area contributed by atoms with E-state index < -0.39 is 29.4 Å². The van der Waals surface area contributed by atoms with Crippen molar-refractivity contribution in [2.45, 2.75) is 18.4 Å². The number of phenolic OH excluding ortho intramolecular Hbond substituents is 2. The molecule has 4 N–H and O–H groups in total. The molecule has 3 aliphatic rings. The summed E-state index contributed by atoms with van der Waals surface area (Å²) in [5, 5.41) is 37.7. The summed E-state index contributed by atoms with van der Waals surface area (Å²) in [7, 11) is 0. The SMILES string of the molecule is O=C(O)c1ccc2c(c1)C1(OC2=O)c2ccc(O)cc2Oc2cc(O)ccc21.O=C1CCC(=O)N1O. The van der Waals surface area contributed by atoms with Gasteiger partial charge in [0.15, 0.2) is 5.60 Å². The number of hydroxylamine groups is 2. The van der Waals surface area contributed by atoms with Crippen molar-refractivity contribution < 1.29 is 49.2 Å². The number of imide groups is 1. The maximum atomic E-state index is 12.7. The van der Waals surface area contributed by atoms with Gasteiger partial charge in [-0.3, -0.25) is 14.8 Å². The minimum atomic E-state index is -1.46. The van der Waals surface area contributed by atoms with Crippen molar-refractivity contribution in [3.8, 4) is 23.0 Å². The Balaban J connectivity index is 0.000000286. The van der Waals surface area contributed by atoms with Crippen LogP contribution in [-0.2, 0) is 19.9 Å². The number of hydrogen-bond acceptors (Lipinski definition) is 9. The molecule has 3 heterocycles. The Morgan fingerprint density at radius 1 is 0.806 bits per heavy atom. The summed E-state index contributed by atoms with van der Waals surface area (Å²) in [6.07, 6.45) is 0.296. The van der Waals surface area contributed by atoms with Gasteiger partial charge in [0.1, 0.15) is 23.0 Å². The first-order chi connectivity index (χ1) is 17.1. The number of carboxylic acids is 1. The number of benzene rings is 3. The molecule has 1 saturated heterocycles. The molecule has 2 amide bonds. The fourth-order valence-electron chi connectivity index (χ4n) is 4.40. The van der Waals surface area contributed by atoms with E-state index in [-0.39, 0.29) is 52.0 Å². The number of esters is 1. The lowest BCUT2D eigenvalue weighted by Crippen LogP contribution is -2.33. The van der Waals surface area contributed by atoms with E-state index in [1.807, 2.05) is 0 Å². The van der Waals surface area contributed by atoms with Crippen LogP contribution in [0.4, 0.5) is 0 Å². The van der Waals surface area contributed by atoms with Crippen molar-refractivity contribution in [3.05, 3.63) is 82.4 Å². The van der Waals surface area contributed by atoms with Crippen LogP contribution >= 0.6 is 0 Å². The normalized spacial score (nSPS) is 16.4. The standard InChI is InChI=1S/C21H12O7.C4H5NO3/c22-11-2-5-14-17(8-11)27-18-9-12(23)3-6-15(18)21(14)16-7-10(19(24)25)1-4-13(16)20(26)28-21;6-3-1-2-4(7)5(3)8/h1-9,22-23H,(H,24,25);8H,1-2H2. The zero-order valence-corrected chi connectivity index (χ0v) is 18.3. The van der Waals surface area contributed by atoms with Crippen LogP contribution in [-0.4, -0.2) is 49.3 Å². The van der Waals surface area contributed by atoms with Crippen LogP contribution in [0.5, 0.6) is 23.0 Å². The molecule has 11 heteroatoms. The Hall–Kier alpha value is -4.90. The van der Waals surface area contributed by atoms with E-state index in [0.29, 0.717) is 16.7 Å². The fourth-order valence-corrected chi connectivity index (χ4v) is 4.40. The Morgan fingerprint density at radius 3 is 1.83 bits per heavy atom. The summed E-state index contributed by atoms with van der Waals surface area (Å²) in [4.78, 5) is 44.7. The first-order valence-corrected chi connectivity index (χ1v) is 10.6. The van der Waals surface area contributed by atoms with E-state index in [4.69, 9.17) is 14.7 Å². The van der Waals surface area contributed by atoms with Gasteiger partial charge in [0.05, 0.1) is 11.1 Å². The number of amides is 2. The van der Waals surface area contributed by atoms with Gasteiger partial charge in [-0.2, -0.15) is 5.06 Å². The Bertz CT molecular complexity index is 1410.